The molecule has 2 heterocycles. The maximum Gasteiger partial charge on any atom is 0.00406 e. The van der Waals surface area contributed by atoms with Crippen molar-refractivity contribution in [2.45, 2.75) is 12.3 Å². The molecule has 10 heavy (non-hydrogen) atoms. The van der Waals surface area contributed by atoms with Crippen LogP contribution in [0.15, 0.2) is 18.5 Å². The van der Waals surface area contributed by atoms with E-state index in [-0.39, 0.29) is 0 Å². The van der Waals surface area contributed by atoms with Crippen LogP contribution < -0.4 is 5.32 Å². The molecule has 0 aromatic carbocycles. The maximum absolute atomic E-state index is 3.35. The van der Waals surface area contributed by atoms with Gasteiger partial charge in [-0.1, -0.05) is 0 Å². The van der Waals surface area contributed by atoms with Crippen LogP contribution in [0, 0.1) is 0 Å². The summed E-state index contributed by atoms with van der Waals surface area (Å²) in [7, 11) is 0. The second kappa shape index (κ2) is 2.46. The van der Waals surface area contributed by atoms with Crippen molar-refractivity contribution in [3.05, 3.63) is 24.0 Å². The van der Waals surface area contributed by atoms with Gasteiger partial charge in [-0.05, 0) is 30.5 Å². The van der Waals surface area contributed by atoms with Gasteiger partial charge in [0.2, 0.25) is 0 Å². The number of aromatic amines is 1. The predicted molar refractivity (Wildman–Crippen MR) is 41.0 cm³/mol. The van der Waals surface area contributed by atoms with E-state index in [0.717, 1.165) is 12.5 Å². The molecular weight excluding hydrogens is 124 g/mol. The van der Waals surface area contributed by atoms with Gasteiger partial charge in [0, 0.05) is 18.9 Å². The lowest BCUT2D eigenvalue weighted by molar-refractivity contribution is 0.765. The molecule has 54 valence electrons. The minimum absolute atomic E-state index is 0.756. The van der Waals surface area contributed by atoms with Crippen molar-refractivity contribution >= 4 is 0 Å². The molecule has 1 unspecified atom stereocenters. The molecule has 0 radical (unpaired) electrons. The first kappa shape index (κ1) is 5.98. The van der Waals surface area contributed by atoms with E-state index in [1.807, 2.05) is 6.20 Å². The Labute approximate surface area is 60.6 Å². The third kappa shape index (κ3) is 0.948. The molecule has 0 amide bonds. The van der Waals surface area contributed by atoms with E-state index >= 15 is 0 Å². The fourth-order valence-corrected chi connectivity index (χ4v) is 1.53. The van der Waals surface area contributed by atoms with Crippen LogP contribution in [-0.4, -0.2) is 18.1 Å². The second-order valence-electron chi connectivity index (χ2n) is 2.83. The van der Waals surface area contributed by atoms with E-state index in [2.05, 4.69) is 22.6 Å². The second-order valence-corrected chi connectivity index (χ2v) is 2.83. The van der Waals surface area contributed by atoms with E-state index in [1.54, 1.807) is 0 Å². The van der Waals surface area contributed by atoms with Crippen LogP contribution in [-0.2, 0) is 0 Å². The van der Waals surface area contributed by atoms with Gasteiger partial charge in [0.05, 0.1) is 0 Å². The molecule has 2 N–H and O–H groups in total. The maximum atomic E-state index is 3.35. The highest BCUT2D eigenvalue weighted by molar-refractivity contribution is 5.16. The van der Waals surface area contributed by atoms with Crippen LogP contribution in [0.4, 0.5) is 0 Å². The molecule has 1 saturated heterocycles. The molecule has 0 spiro atoms. The Balaban J connectivity index is 2.12. The quantitative estimate of drug-likeness (QED) is 0.594. The Hall–Kier alpha value is -0.760. The highest BCUT2D eigenvalue weighted by Crippen LogP contribution is 2.20. The number of nitrogens with one attached hydrogen (secondary N) is 2. The summed E-state index contributed by atoms with van der Waals surface area (Å²) in [6.45, 7) is 2.33. The van der Waals surface area contributed by atoms with E-state index in [1.165, 1.54) is 18.5 Å². The fraction of sp³-hybridized carbons (Fsp3) is 0.500. The zero-order valence-corrected chi connectivity index (χ0v) is 5.93. The minimum atomic E-state index is 0.756. The van der Waals surface area contributed by atoms with E-state index in [0.29, 0.717) is 0 Å². The van der Waals surface area contributed by atoms with Crippen LogP contribution in [0.5, 0.6) is 0 Å². The molecule has 1 aromatic rings. The van der Waals surface area contributed by atoms with E-state index in [9.17, 15) is 0 Å². The smallest absolute Gasteiger partial charge is 0.00406 e. The summed E-state index contributed by atoms with van der Waals surface area (Å²) >= 11 is 0. The summed E-state index contributed by atoms with van der Waals surface area (Å²) in [5.41, 5.74) is 1.45. The molecule has 2 heteroatoms. The zero-order valence-electron chi connectivity index (χ0n) is 5.93. The molecule has 1 fully saturated rings. The molecule has 2 rings (SSSR count). The Morgan fingerprint density at radius 2 is 2.50 bits per heavy atom. The van der Waals surface area contributed by atoms with Gasteiger partial charge in [-0.2, -0.15) is 0 Å². The minimum Gasteiger partial charge on any atom is -0.367 e. The van der Waals surface area contributed by atoms with Crippen molar-refractivity contribution in [1.29, 1.82) is 0 Å². The summed E-state index contributed by atoms with van der Waals surface area (Å²) in [5.74, 6) is 0.756. The number of hydrogen-bond donors (Lipinski definition) is 2. The number of aromatic nitrogens is 1. The normalized spacial score (nSPS) is 25.4. The Kier molecular flexibility index (Phi) is 1.47. The van der Waals surface area contributed by atoms with E-state index < -0.39 is 0 Å². The van der Waals surface area contributed by atoms with E-state index in [4.69, 9.17) is 0 Å². The molecular formula is C8H12N2. The standard InChI is InChI=1S/C8H12N2/c1-3-9-5-7(1)8-2-4-10-6-8/h1,3,5,8-10H,2,4,6H2. The van der Waals surface area contributed by atoms with Crippen LogP contribution in [0.3, 0.4) is 0 Å². The summed E-state index contributed by atoms with van der Waals surface area (Å²) < 4.78 is 0. The zero-order chi connectivity index (χ0) is 6.81. The molecule has 1 aromatic heterocycles. The average Bonchev–Trinajstić information content (AvgIpc) is 2.59. The van der Waals surface area contributed by atoms with Crippen LogP contribution in [0.2, 0.25) is 0 Å². The molecule has 2 nitrogen and oxygen atoms in total. The molecule has 0 bridgehead atoms. The Morgan fingerprint density at radius 1 is 1.50 bits per heavy atom. The first-order chi connectivity index (χ1) is 4.97. The largest absolute Gasteiger partial charge is 0.367 e. The molecule has 0 aliphatic carbocycles. The van der Waals surface area contributed by atoms with Crippen LogP contribution >= 0.6 is 0 Å². The van der Waals surface area contributed by atoms with Crippen LogP contribution in [0.25, 0.3) is 0 Å². The Morgan fingerprint density at radius 3 is 3.10 bits per heavy atom. The van der Waals surface area contributed by atoms with Gasteiger partial charge in [-0.15, -0.1) is 0 Å². The number of H-pyrrole nitrogens is 1. The van der Waals surface area contributed by atoms with Crippen molar-refractivity contribution in [2.75, 3.05) is 13.1 Å². The average molecular weight is 136 g/mol. The van der Waals surface area contributed by atoms with Crippen molar-refractivity contribution < 1.29 is 0 Å². The monoisotopic (exact) mass is 136 g/mol. The van der Waals surface area contributed by atoms with Crippen molar-refractivity contribution in [2.24, 2.45) is 0 Å². The van der Waals surface area contributed by atoms with Gasteiger partial charge in [0.25, 0.3) is 0 Å². The predicted octanol–water partition coefficient (Wildman–Crippen LogP) is 1.09. The lowest BCUT2D eigenvalue weighted by Crippen LogP contribution is -2.07. The number of hydrogen-bond acceptors (Lipinski definition) is 1. The molecule has 0 saturated carbocycles. The van der Waals surface area contributed by atoms with Gasteiger partial charge in [0.15, 0.2) is 0 Å². The molecule has 1 aliphatic rings. The molecule has 1 aliphatic heterocycles. The van der Waals surface area contributed by atoms with Gasteiger partial charge in [-0.25, -0.2) is 0 Å². The highest BCUT2D eigenvalue weighted by atomic mass is 14.9. The topological polar surface area (TPSA) is 27.8 Å². The summed E-state index contributed by atoms with van der Waals surface area (Å²) in [6, 6.07) is 2.16. The fourth-order valence-electron chi connectivity index (χ4n) is 1.53. The van der Waals surface area contributed by atoms with Crippen molar-refractivity contribution in [3.63, 3.8) is 0 Å². The lowest BCUT2D eigenvalue weighted by Gasteiger charge is -2.02. The first-order valence-corrected chi connectivity index (χ1v) is 3.80. The summed E-state index contributed by atoms with van der Waals surface area (Å²) in [6.07, 6.45) is 5.38. The van der Waals surface area contributed by atoms with Crippen molar-refractivity contribution in [1.82, 2.24) is 10.3 Å². The third-order valence-corrected chi connectivity index (χ3v) is 2.15. The third-order valence-electron chi connectivity index (χ3n) is 2.15. The van der Waals surface area contributed by atoms with Gasteiger partial charge < -0.3 is 10.3 Å². The first-order valence-electron chi connectivity index (χ1n) is 3.80. The SMILES string of the molecule is c1cc(C2CCNC2)c[nH]1. The molecule has 1 atom stereocenters. The summed E-state index contributed by atoms with van der Waals surface area (Å²) in [4.78, 5) is 3.08. The van der Waals surface area contributed by atoms with Gasteiger partial charge in [-0.3, -0.25) is 0 Å². The lowest BCUT2D eigenvalue weighted by atomic mass is 10.0. The summed E-state index contributed by atoms with van der Waals surface area (Å²) in [5, 5.41) is 3.35. The Bertz CT molecular complexity index is 185. The van der Waals surface area contributed by atoms with Crippen molar-refractivity contribution in [3.8, 4) is 0 Å². The highest BCUT2D eigenvalue weighted by Gasteiger charge is 2.15. The van der Waals surface area contributed by atoms with Crippen LogP contribution in [0.1, 0.15) is 17.9 Å². The number of rotatable bonds is 1. The van der Waals surface area contributed by atoms with Gasteiger partial charge in [0.1, 0.15) is 0 Å². The van der Waals surface area contributed by atoms with Gasteiger partial charge >= 0.3 is 0 Å².